The van der Waals surface area contributed by atoms with Gasteiger partial charge in [0.1, 0.15) is 23.4 Å². The summed E-state index contributed by atoms with van der Waals surface area (Å²) >= 11 is 0. The standard InChI is InChI=1S/C24H24F2N2O4S/c1-3-32-23-12-10-19(13-16(23)2)33(30,31)28-22(14-17-7-5-4-6-8-17)24(29)27-21-15-18(25)9-11-20(21)26/h4-13,15,22,28H,3,14H2,1-2H3,(H,27,29)/t22-/m0/s1. The van der Waals surface area contributed by atoms with E-state index in [1.165, 1.54) is 12.1 Å². The first-order valence-corrected chi connectivity index (χ1v) is 11.7. The molecule has 0 aliphatic carbocycles. The first kappa shape index (κ1) is 24.3. The first-order valence-electron chi connectivity index (χ1n) is 10.2. The van der Waals surface area contributed by atoms with Crippen molar-refractivity contribution < 1.29 is 26.7 Å². The average Bonchev–Trinajstić information content (AvgIpc) is 2.78. The summed E-state index contributed by atoms with van der Waals surface area (Å²) in [5, 5.41) is 2.28. The number of sulfonamides is 1. The van der Waals surface area contributed by atoms with Gasteiger partial charge in [0.15, 0.2) is 0 Å². The van der Waals surface area contributed by atoms with Crippen LogP contribution in [0.1, 0.15) is 18.1 Å². The highest BCUT2D eigenvalue weighted by molar-refractivity contribution is 7.89. The minimum absolute atomic E-state index is 0.00114. The number of benzene rings is 3. The smallest absolute Gasteiger partial charge is 0.242 e. The fourth-order valence-corrected chi connectivity index (χ4v) is 4.49. The Labute approximate surface area is 191 Å². The van der Waals surface area contributed by atoms with E-state index in [1.54, 1.807) is 43.3 Å². The monoisotopic (exact) mass is 474 g/mol. The van der Waals surface area contributed by atoms with E-state index in [0.29, 0.717) is 23.5 Å². The Hall–Kier alpha value is -3.30. The molecule has 0 heterocycles. The van der Waals surface area contributed by atoms with Gasteiger partial charge in [0, 0.05) is 6.07 Å². The van der Waals surface area contributed by atoms with E-state index in [0.717, 1.165) is 18.2 Å². The van der Waals surface area contributed by atoms with Crippen molar-refractivity contribution in [2.75, 3.05) is 11.9 Å². The molecule has 0 aliphatic rings. The van der Waals surface area contributed by atoms with E-state index in [1.807, 2.05) is 6.92 Å². The normalized spacial score (nSPS) is 12.2. The molecule has 6 nitrogen and oxygen atoms in total. The number of amides is 1. The maximum atomic E-state index is 14.0. The third-order valence-electron chi connectivity index (χ3n) is 4.84. The largest absolute Gasteiger partial charge is 0.494 e. The number of nitrogens with one attached hydrogen (secondary N) is 2. The van der Waals surface area contributed by atoms with Gasteiger partial charge in [-0.25, -0.2) is 17.2 Å². The molecule has 2 N–H and O–H groups in total. The number of hydrogen-bond donors (Lipinski definition) is 2. The Morgan fingerprint density at radius 3 is 2.42 bits per heavy atom. The van der Waals surface area contributed by atoms with Crippen LogP contribution in [-0.4, -0.2) is 27.0 Å². The molecule has 0 bridgehead atoms. The summed E-state index contributed by atoms with van der Waals surface area (Å²) in [6.07, 6.45) is -0.00114. The minimum Gasteiger partial charge on any atom is -0.494 e. The molecule has 33 heavy (non-hydrogen) atoms. The molecule has 0 aromatic heterocycles. The lowest BCUT2D eigenvalue weighted by atomic mass is 10.1. The van der Waals surface area contributed by atoms with Crippen LogP contribution in [0, 0.1) is 18.6 Å². The number of carbonyl (C=O) groups is 1. The zero-order valence-corrected chi connectivity index (χ0v) is 19.0. The average molecular weight is 475 g/mol. The molecule has 0 saturated carbocycles. The lowest BCUT2D eigenvalue weighted by molar-refractivity contribution is -0.117. The van der Waals surface area contributed by atoms with Crippen molar-refractivity contribution in [1.82, 2.24) is 4.72 Å². The molecule has 0 saturated heterocycles. The van der Waals surface area contributed by atoms with E-state index in [-0.39, 0.29) is 17.0 Å². The maximum Gasteiger partial charge on any atom is 0.242 e. The van der Waals surface area contributed by atoms with Crippen molar-refractivity contribution in [2.45, 2.75) is 31.2 Å². The molecule has 1 amide bonds. The van der Waals surface area contributed by atoms with E-state index in [4.69, 9.17) is 4.74 Å². The van der Waals surface area contributed by atoms with Gasteiger partial charge in [0.05, 0.1) is 17.2 Å². The van der Waals surface area contributed by atoms with Gasteiger partial charge in [-0.2, -0.15) is 4.72 Å². The predicted octanol–water partition coefficient (Wildman–Crippen LogP) is 4.20. The summed E-state index contributed by atoms with van der Waals surface area (Å²) in [6.45, 7) is 3.96. The second kappa shape index (κ2) is 10.5. The van der Waals surface area contributed by atoms with Crippen LogP contribution in [0.4, 0.5) is 14.5 Å². The quantitative estimate of drug-likeness (QED) is 0.487. The minimum atomic E-state index is -4.12. The SMILES string of the molecule is CCOc1ccc(S(=O)(=O)N[C@@H](Cc2ccccc2)C(=O)Nc2cc(F)ccc2F)cc1C. The molecule has 0 spiro atoms. The molecule has 3 aromatic carbocycles. The Balaban J connectivity index is 1.89. The Morgan fingerprint density at radius 2 is 1.76 bits per heavy atom. The predicted molar refractivity (Wildman–Crippen MR) is 122 cm³/mol. The van der Waals surface area contributed by atoms with Crippen LogP contribution >= 0.6 is 0 Å². The van der Waals surface area contributed by atoms with E-state index in [2.05, 4.69) is 10.0 Å². The lowest BCUT2D eigenvalue weighted by Crippen LogP contribution is -2.45. The molecular formula is C24H24F2N2O4S. The molecule has 0 radical (unpaired) electrons. The van der Waals surface area contributed by atoms with Gasteiger partial charge in [-0.1, -0.05) is 30.3 Å². The molecule has 0 fully saturated rings. The molecule has 1 atom stereocenters. The van der Waals surface area contributed by atoms with E-state index in [9.17, 15) is 22.0 Å². The van der Waals surface area contributed by atoms with Crippen LogP contribution in [-0.2, 0) is 21.2 Å². The summed E-state index contributed by atoms with van der Waals surface area (Å²) in [5.41, 5.74) is 0.919. The van der Waals surface area contributed by atoms with Gasteiger partial charge >= 0.3 is 0 Å². The first-order chi connectivity index (χ1) is 15.7. The number of rotatable bonds is 9. The van der Waals surface area contributed by atoms with Crippen molar-refractivity contribution in [3.05, 3.63) is 89.5 Å². The van der Waals surface area contributed by atoms with Gasteiger partial charge in [-0.15, -0.1) is 0 Å². The molecule has 3 rings (SSSR count). The van der Waals surface area contributed by atoms with Crippen molar-refractivity contribution >= 4 is 21.6 Å². The highest BCUT2D eigenvalue weighted by Crippen LogP contribution is 2.23. The Bertz CT molecular complexity index is 1230. The second-order valence-electron chi connectivity index (χ2n) is 7.34. The van der Waals surface area contributed by atoms with Crippen LogP contribution in [0.2, 0.25) is 0 Å². The highest BCUT2D eigenvalue weighted by Gasteiger charge is 2.27. The number of hydrogen-bond acceptors (Lipinski definition) is 4. The number of halogens is 2. The van der Waals surface area contributed by atoms with Crippen molar-refractivity contribution in [3.8, 4) is 5.75 Å². The lowest BCUT2D eigenvalue weighted by Gasteiger charge is -2.19. The fraction of sp³-hybridized carbons (Fsp3) is 0.208. The summed E-state index contributed by atoms with van der Waals surface area (Å²) in [4.78, 5) is 12.9. The van der Waals surface area contributed by atoms with Crippen LogP contribution in [0.15, 0.2) is 71.6 Å². The third kappa shape index (κ3) is 6.36. The molecule has 3 aromatic rings. The van der Waals surface area contributed by atoms with Gasteiger partial charge in [-0.05, 0) is 61.7 Å². The summed E-state index contributed by atoms with van der Waals surface area (Å²) in [6, 6.07) is 14.5. The number of aryl methyl sites for hydroxylation is 1. The maximum absolute atomic E-state index is 14.0. The Morgan fingerprint density at radius 1 is 1.03 bits per heavy atom. The van der Waals surface area contributed by atoms with E-state index >= 15 is 0 Å². The fourth-order valence-electron chi connectivity index (χ4n) is 3.21. The van der Waals surface area contributed by atoms with Crippen molar-refractivity contribution in [1.29, 1.82) is 0 Å². The van der Waals surface area contributed by atoms with Gasteiger partial charge in [0.25, 0.3) is 0 Å². The third-order valence-corrected chi connectivity index (χ3v) is 6.31. The van der Waals surface area contributed by atoms with Gasteiger partial charge in [-0.3, -0.25) is 4.79 Å². The molecule has 0 aliphatic heterocycles. The van der Waals surface area contributed by atoms with Crippen LogP contribution < -0.4 is 14.8 Å². The Kier molecular flexibility index (Phi) is 7.78. The van der Waals surface area contributed by atoms with Crippen molar-refractivity contribution in [3.63, 3.8) is 0 Å². The summed E-state index contributed by atoms with van der Waals surface area (Å²) < 4.78 is 61.5. The molecule has 0 unspecified atom stereocenters. The molecule has 174 valence electrons. The van der Waals surface area contributed by atoms with E-state index < -0.39 is 33.6 Å². The number of anilines is 1. The molecular weight excluding hydrogens is 450 g/mol. The topological polar surface area (TPSA) is 84.5 Å². The van der Waals surface area contributed by atoms with Crippen LogP contribution in [0.5, 0.6) is 5.75 Å². The highest BCUT2D eigenvalue weighted by atomic mass is 32.2. The number of ether oxygens (including phenoxy) is 1. The van der Waals surface area contributed by atoms with Gasteiger partial charge in [0.2, 0.25) is 15.9 Å². The molecule has 9 heteroatoms. The van der Waals surface area contributed by atoms with Gasteiger partial charge < -0.3 is 10.1 Å². The second-order valence-corrected chi connectivity index (χ2v) is 9.05. The number of carbonyl (C=O) groups excluding carboxylic acids is 1. The van der Waals surface area contributed by atoms with Crippen LogP contribution in [0.25, 0.3) is 0 Å². The van der Waals surface area contributed by atoms with Crippen LogP contribution in [0.3, 0.4) is 0 Å². The van der Waals surface area contributed by atoms with Crippen molar-refractivity contribution in [2.24, 2.45) is 0 Å². The summed E-state index contributed by atoms with van der Waals surface area (Å²) in [5.74, 6) is -1.85. The zero-order valence-electron chi connectivity index (χ0n) is 18.1. The summed E-state index contributed by atoms with van der Waals surface area (Å²) in [7, 11) is -4.12. The zero-order chi connectivity index (χ0) is 24.0.